The van der Waals surface area contributed by atoms with Gasteiger partial charge in [-0.2, -0.15) is 0 Å². The molecule has 0 aliphatic carbocycles. The molecule has 0 aliphatic heterocycles. The Morgan fingerprint density at radius 1 is 1.27 bits per heavy atom. The van der Waals surface area contributed by atoms with Crippen LogP contribution in [0.15, 0.2) is 53.0 Å². The number of carbonyl (C=O) groups is 1. The standard InChI is InChI=1S/C17H18N2O2S/c1-12(2)14-8-5-13(6-9-14)7-10-16(20)21-19-17(18)15-4-3-11-22-15/h3-12H,1-2H3,(H2,18,19)/b10-7-. The van der Waals surface area contributed by atoms with E-state index in [0.717, 1.165) is 10.4 Å². The number of thiophene rings is 1. The average molecular weight is 314 g/mol. The van der Waals surface area contributed by atoms with E-state index in [1.807, 2.05) is 41.8 Å². The van der Waals surface area contributed by atoms with Crippen molar-refractivity contribution in [1.82, 2.24) is 0 Å². The fourth-order valence-corrected chi connectivity index (χ4v) is 2.37. The fraction of sp³-hybridized carbons (Fsp3) is 0.176. The lowest BCUT2D eigenvalue weighted by molar-refractivity contribution is -0.137. The number of benzene rings is 1. The van der Waals surface area contributed by atoms with Gasteiger partial charge in [-0.1, -0.05) is 49.3 Å². The van der Waals surface area contributed by atoms with E-state index in [1.54, 1.807) is 6.08 Å². The Bertz CT molecular complexity index is 671. The number of nitrogens with zero attached hydrogens (tertiary/aromatic N) is 1. The van der Waals surface area contributed by atoms with E-state index in [2.05, 4.69) is 19.0 Å². The molecule has 5 heteroatoms. The second-order valence-electron chi connectivity index (χ2n) is 5.02. The van der Waals surface area contributed by atoms with E-state index in [1.165, 1.54) is 23.0 Å². The van der Waals surface area contributed by atoms with Gasteiger partial charge in [-0.3, -0.25) is 0 Å². The summed E-state index contributed by atoms with van der Waals surface area (Å²) in [6.45, 7) is 4.27. The van der Waals surface area contributed by atoms with Crippen LogP contribution in [0, 0.1) is 0 Å². The van der Waals surface area contributed by atoms with Crippen molar-refractivity contribution in [2.24, 2.45) is 10.9 Å². The monoisotopic (exact) mass is 314 g/mol. The fourth-order valence-electron chi connectivity index (χ4n) is 1.75. The normalized spacial score (nSPS) is 12.0. The van der Waals surface area contributed by atoms with Crippen molar-refractivity contribution >= 4 is 29.2 Å². The third-order valence-corrected chi connectivity index (χ3v) is 3.91. The number of hydrogen-bond acceptors (Lipinski definition) is 4. The lowest BCUT2D eigenvalue weighted by Crippen LogP contribution is -2.13. The highest BCUT2D eigenvalue weighted by Crippen LogP contribution is 2.15. The number of oxime groups is 1. The first-order chi connectivity index (χ1) is 10.6. The van der Waals surface area contributed by atoms with Crippen molar-refractivity contribution in [2.75, 3.05) is 0 Å². The lowest BCUT2D eigenvalue weighted by Gasteiger charge is -2.04. The number of rotatable bonds is 5. The van der Waals surface area contributed by atoms with E-state index >= 15 is 0 Å². The van der Waals surface area contributed by atoms with E-state index < -0.39 is 5.97 Å². The molecule has 0 fully saturated rings. The van der Waals surface area contributed by atoms with Crippen LogP contribution in [-0.2, 0) is 9.63 Å². The summed E-state index contributed by atoms with van der Waals surface area (Å²) >= 11 is 1.43. The van der Waals surface area contributed by atoms with Gasteiger partial charge in [0.15, 0.2) is 5.84 Å². The molecule has 0 unspecified atom stereocenters. The molecule has 114 valence electrons. The Kier molecular flexibility index (Phi) is 5.49. The van der Waals surface area contributed by atoms with E-state index in [0.29, 0.717) is 5.92 Å². The summed E-state index contributed by atoms with van der Waals surface area (Å²) in [6, 6.07) is 11.7. The molecule has 2 N–H and O–H groups in total. The van der Waals surface area contributed by atoms with Gasteiger partial charge < -0.3 is 10.6 Å². The summed E-state index contributed by atoms with van der Waals surface area (Å²) in [7, 11) is 0. The van der Waals surface area contributed by atoms with Crippen LogP contribution in [0.1, 0.15) is 35.8 Å². The topological polar surface area (TPSA) is 64.7 Å². The average Bonchev–Trinajstić information content (AvgIpc) is 3.05. The second-order valence-corrected chi connectivity index (χ2v) is 5.97. The lowest BCUT2D eigenvalue weighted by atomic mass is 10.0. The third-order valence-electron chi connectivity index (χ3n) is 3.02. The predicted octanol–water partition coefficient (Wildman–Crippen LogP) is 3.75. The van der Waals surface area contributed by atoms with Crippen molar-refractivity contribution in [3.8, 4) is 0 Å². The Morgan fingerprint density at radius 3 is 2.59 bits per heavy atom. The highest BCUT2D eigenvalue weighted by molar-refractivity contribution is 7.12. The smallest absolute Gasteiger partial charge is 0.358 e. The number of carbonyl (C=O) groups excluding carboxylic acids is 1. The molecule has 0 spiro atoms. The number of nitrogens with two attached hydrogens (primary N) is 1. The van der Waals surface area contributed by atoms with Crippen LogP contribution in [0.25, 0.3) is 6.08 Å². The highest BCUT2D eigenvalue weighted by atomic mass is 32.1. The SMILES string of the molecule is CC(C)c1ccc(/C=C\C(=O)O/N=C(\N)c2cccs2)cc1. The minimum Gasteiger partial charge on any atom is -0.380 e. The molecule has 0 aliphatic rings. The molecule has 1 heterocycles. The number of hydrogen-bond donors (Lipinski definition) is 1. The zero-order valence-corrected chi connectivity index (χ0v) is 13.3. The van der Waals surface area contributed by atoms with Crippen molar-refractivity contribution in [3.05, 3.63) is 63.9 Å². The molecular formula is C17H18N2O2S. The van der Waals surface area contributed by atoms with Gasteiger partial charge in [0.05, 0.1) is 4.88 Å². The van der Waals surface area contributed by atoms with Crippen LogP contribution >= 0.6 is 11.3 Å². The zero-order chi connectivity index (χ0) is 15.9. The van der Waals surface area contributed by atoms with Gasteiger partial charge in [0.25, 0.3) is 0 Å². The van der Waals surface area contributed by atoms with Gasteiger partial charge >= 0.3 is 5.97 Å². The summed E-state index contributed by atoms with van der Waals surface area (Å²) < 4.78 is 0. The molecule has 0 amide bonds. The first kappa shape index (κ1) is 16.0. The molecule has 2 rings (SSSR count). The molecule has 0 saturated carbocycles. The number of amidine groups is 1. The van der Waals surface area contributed by atoms with Crippen LogP contribution in [0.2, 0.25) is 0 Å². The van der Waals surface area contributed by atoms with E-state index in [-0.39, 0.29) is 5.84 Å². The summed E-state index contributed by atoms with van der Waals surface area (Å²) in [5, 5.41) is 5.50. The van der Waals surface area contributed by atoms with Crippen molar-refractivity contribution in [2.45, 2.75) is 19.8 Å². The summed E-state index contributed by atoms with van der Waals surface area (Å²) in [5.41, 5.74) is 7.88. The maximum absolute atomic E-state index is 11.6. The third kappa shape index (κ3) is 4.56. The summed E-state index contributed by atoms with van der Waals surface area (Å²) in [6.07, 6.45) is 3.01. The van der Waals surface area contributed by atoms with Crippen LogP contribution in [0.3, 0.4) is 0 Å². The molecule has 0 atom stereocenters. The Balaban J connectivity index is 1.92. The first-order valence-electron chi connectivity index (χ1n) is 6.92. The van der Waals surface area contributed by atoms with Gasteiger partial charge in [0.1, 0.15) is 0 Å². The van der Waals surface area contributed by atoms with Crippen molar-refractivity contribution in [3.63, 3.8) is 0 Å². The summed E-state index contributed by atoms with van der Waals surface area (Å²) in [4.78, 5) is 17.1. The van der Waals surface area contributed by atoms with Gasteiger partial charge in [0, 0.05) is 6.08 Å². The molecule has 2 aromatic rings. The maximum atomic E-state index is 11.6. The molecule has 1 aromatic carbocycles. The molecule has 22 heavy (non-hydrogen) atoms. The largest absolute Gasteiger partial charge is 0.380 e. The Morgan fingerprint density at radius 2 is 2.00 bits per heavy atom. The van der Waals surface area contributed by atoms with E-state index in [4.69, 9.17) is 10.6 Å². The van der Waals surface area contributed by atoms with Crippen LogP contribution in [0.5, 0.6) is 0 Å². The van der Waals surface area contributed by atoms with Gasteiger partial charge in [-0.15, -0.1) is 11.3 Å². The van der Waals surface area contributed by atoms with Crippen LogP contribution in [0.4, 0.5) is 0 Å². The van der Waals surface area contributed by atoms with Crippen LogP contribution < -0.4 is 5.73 Å². The van der Waals surface area contributed by atoms with E-state index in [9.17, 15) is 4.79 Å². The zero-order valence-electron chi connectivity index (χ0n) is 12.5. The quantitative estimate of drug-likeness (QED) is 0.300. The molecule has 4 nitrogen and oxygen atoms in total. The Hall–Kier alpha value is -2.40. The molecular weight excluding hydrogens is 296 g/mol. The van der Waals surface area contributed by atoms with Crippen molar-refractivity contribution in [1.29, 1.82) is 0 Å². The second kappa shape index (κ2) is 7.56. The highest BCUT2D eigenvalue weighted by Gasteiger charge is 2.02. The predicted molar refractivity (Wildman–Crippen MR) is 90.7 cm³/mol. The minimum atomic E-state index is -0.563. The maximum Gasteiger partial charge on any atom is 0.358 e. The molecule has 0 radical (unpaired) electrons. The Labute approximate surface area is 133 Å². The van der Waals surface area contributed by atoms with Crippen molar-refractivity contribution < 1.29 is 9.63 Å². The molecule has 1 aromatic heterocycles. The minimum absolute atomic E-state index is 0.193. The molecule has 0 saturated heterocycles. The first-order valence-corrected chi connectivity index (χ1v) is 7.80. The van der Waals surface area contributed by atoms with Gasteiger partial charge in [0.2, 0.25) is 0 Å². The van der Waals surface area contributed by atoms with Gasteiger partial charge in [-0.05, 0) is 34.6 Å². The molecule has 0 bridgehead atoms. The van der Waals surface area contributed by atoms with Gasteiger partial charge in [-0.25, -0.2) is 4.79 Å². The van der Waals surface area contributed by atoms with Crippen LogP contribution in [-0.4, -0.2) is 11.8 Å². The summed E-state index contributed by atoms with van der Waals surface area (Å²) in [5.74, 6) is 0.114.